The molecule has 6 N–H and O–H groups in total. The minimum atomic E-state index is -1.05. The molecule has 4 atom stereocenters. The van der Waals surface area contributed by atoms with Gasteiger partial charge in [0.05, 0.1) is 32.2 Å². The molecule has 4 rings (SSSR count). The number of carbonyl (C=O) groups excluding carboxylic acids is 7. The first kappa shape index (κ1) is 56.5. The fourth-order valence-corrected chi connectivity index (χ4v) is 8.18. The van der Waals surface area contributed by atoms with Gasteiger partial charge in [-0.25, -0.2) is 4.79 Å². The van der Waals surface area contributed by atoms with Gasteiger partial charge >= 0.3 is 18.0 Å². The van der Waals surface area contributed by atoms with Crippen LogP contribution in [0.25, 0.3) is 0 Å². The number of carboxylic acid groups (broad SMARTS) is 2. The van der Waals surface area contributed by atoms with E-state index < -0.39 is 35.9 Å². The fourth-order valence-electron chi connectivity index (χ4n) is 7.71. The number of anilines is 1. The summed E-state index contributed by atoms with van der Waals surface area (Å²) in [5.41, 5.74) is 1.15. The Morgan fingerprint density at radius 3 is 2.09 bits per heavy atom. The van der Waals surface area contributed by atoms with Crippen LogP contribution in [0.5, 0.6) is 0 Å². The van der Waals surface area contributed by atoms with Gasteiger partial charge in [-0.2, -0.15) is 11.8 Å². The van der Waals surface area contributed by atoms with Crippen molar-refractivity contribution in [3.05, 3.63) is 36.1 Å². The Bertz CT molecular complexity index is 1860. The first-order chi connectivity index (χ1) is 31.0. The van der Waals surface area contributed by atoms with Gasteiger partial charge in [0.1, 0.15) is 0 Å². The summed E-state index contributed by atoms with van der Waals surface area (Å²) in [5, 5.41) is 30.1. The number of Topliss-reactive ketones (excluding diaryl/α,β-unsaturated/α-hetero) is 1. The number of hydrogen-bond acceptors (Lipinski definition) is 15. The van der Waals surface area contributed by atoms with E-state index in [0.717, 1.165) is 10.5 Å². The molecule has 0 aromatic heterocycles. The number of benzene rings is 1. The van der Waals surface area contributed by atoms with Crippen LogP contribution in [0.3, 0.4) is 0 Å². The summed E-state index contributed by atoms with van der Waals surface area (Å²) in [6, 6.07) is 5.26. The number of amides is 6. The number of likely N-dealkylation sites (tertiary alicyclic amines) is 1. The van der Waals surface area contributed by atoms with Crippen LogP contribution in [0.15, 0.2) is 24.3 Å². The maximum Gasteiger partial charge on any atom is 0.319 e. The fraction of sp³-hybridized carbons (Fsp3) is 0.628. The topological polar surface area (TPSA) is 268 Å². The maximum absolute atomic E-state index is 13.7. The molecular weight excluding hydrogens is 1020 g/mol. The number of nitrogens with one attached hydrogen (secondary N) is 4. The molecular formula is C43H64GdN9O12S-. The van der Waals surface area contributed by atoms with Crippen LogP contribution >= 0.6 is 11.8 Å². The van der Waals surface area contributed by atoms with Crippen molar-refractivity contribution in [3.8, 4) is 0 Å². The second kappa shape index (κ2) is 28.5. The van der Waals surface area contributed by atoms with Gasteiger partial charge in [0.15, 0.2) is 5.78 Å². The molecule has 6 amide bonds. The molecule has 3 heterocycles. The summed E-state index contributed by atoms with van der Waals surface area (Å²) >= 11 is 1.51. The minimum Gasteiger partial charge on any atom is -0.617 e. The average molecular weight is 1090 g/mol. The minimum absolute atomic E-state index is 0. The molecule has 66 heavy (non-hydrogen) atoms. The number of esters is 1. The Morgan fingerprint density at radius 2 is 1.52 bits per heavy atom. The van der Waals surface area contributed by atoms with Crippen LogP contribution < -0.4 is 21.3 Å². The summed E-state index contributed by atoms with van der Waals surface area (Å²) in [5.74, 6) is -4.73. The molecule has 368 valence electrons. The number of aliphatic carboxylic acids is 2. The summed E-state index contributed by atoms with van der Waals surface area (Å²) in [6.07, 6.45) is 3.21. The van der Waals surface area contributed by atoms with Gasteiger partial charge < -0.3 is 46.0 Å². The number of thioether (sulfide) groups is 1. The van der Waals surface area contributed by atoms with Crippen LogP contribution in [0.4, 0.5) is 10.5 Å². The normalized spacial score (nSPS) is 19.5. The standard InChI is InChI=1S/C43H64N9O12S.Gd/c1-5-28(2)32(41(61)44-11-12-52-36(55)20-29(3)42(52)62)21-34(53)33(10-19-65-4)47-43(63)46-31-8-6-30(7-9-31)22-45-35(54)23-50-16-15-48(25-38(56)57)13-14-49(26-39(58)59)17-18-51-27-40(60)64-37(51)24-50;/h6-9,28-29,32-33H,5,10-27H2,1-4H3,(H,44,61)(H,45,54)(H,56,57)(H,58,59)(H2,46,47,63);/q-1;/t28-,29?,32-,33-;/m0./s1. The van der Waals surface area contributed by atoms with Crippen molar-refractivity contribution in [2.24, 2.45) is 17.8 Å². The Balaban J connectivity index is 0.0000116. The van der Waals surface area contributed by atoms with E-state index in [1.807, 2.05) is 20.1 Å². The molecule has 0 aliphatic carbocycles. The maximum atomic E-state index is 13.7. The van der Waals surface area contributed by atoms with Crippen LogP contribution in [-0.4, -0.2) is 191 Å². The second-order valence-corrected chi connectivity index (χ2v) is 17.7. The summed E-state index contributed by atoms with van der Waals surface area (Å²) in [4.78, 5) is 121. The zero-order valence-electron chi connectivity index (χ0n) is 38.0. The monoisotopic (exact) mass is 1090 g/mol. The van der Waals surface area contributed by atoms with Crippen molar-refractivity contribution in [3.63, 3.8) is 0 Å². The second-order valence-electron chi connectivity index (χ2n) is 16.7. The van der Waals surface area contributed by atoms with Crippen LogP contribution in [0.1, 0.15) is 52.0 Å². The van der Waals surface area contributed by atoms with Crippen LogP contribution in [-0.2, 0) is 49.6 Å². The van der Waals surface area contributed by atoms with E-state index in [-0.39, 0.29) is 173 Å². The Hall–Kier alpha value is -3.84. The third-order valence-electron chi connectivity index (χ3n) is 11.7. The van der Waals surface area contributed by atoms with E-state index in [0.29, 0.717) is 43.6 Å². The molecule has 23 heteroatoms. The average Bonchev–Trinajstić information content (AvgIpc) is 3.73. The zero-order valence-corrected chi connectivity index (χ0v) is 41.1. The Kier molecular flexibility index (Phi) is 24.4. The van der Waals surface area contributed by atoms with Crippen molar-refractivity contribution >= 4 is 70.8 Å². The molecule has 3 aliphatic rings. The molecule has 3 saturated heterocycles. The van der Waals surface area contributed by atoms with Crippen molar-refractivity contribution < 1.29 is 98.0 Å². The van der Waals surface area contributed by atoms with Crippen LogP contribution in [0, 0.1) is 63.9 Å². The van der Waals surface area contributed by atoms with Crippen molar-refractivity contribution in [1.82, 2.24) is 40.4 Å². The molecule has 21 nitrogen and oxygen atoms in total. The molecule has 1 aromatic carbocycles. The first-order valence-electron chi connectivity index (χ1n) is 21.9. The van der Waals surface area contributed by atoms with Gasteiger partial charge in [0.2, 0.25) is 23.6 Å². The molecule has 0 radical (unpaired) electrons. The van der Waals surface area contributed by atoms with Crippen molar-refractivity contribution in [2.45, 2.75) is 59.0 Å². The Labute approximate surface area is 421 Å². The third kappa shape index (κ3) is 18.7. The summed E-state index contributed by atoms with van der Waals surface area (Å²) in [6.45, 7) is 6.87. The number of carbonyl (C=O) groups is 9. The molecule has 1 unspecified atom stereocenters. The number of nitrogens with zero attached hydrogens (tertiary/aromatic N) is 5. The SMILES string of the molecule is CC[C@H](C)[C@H](CC(=O)[C@H](CCSC)NC(=O)Nc1ccc(CNC(=O)CN2CCN(CC(=O)O)CCN(CC(=O)O)CCN3CC(=O)O[C-]3C2)cc1)C(=O)NCCN1C(=O)CC(C)C1=O.[Gd]. The number of ketones is 1. The number of hydrogen-bond donors (Lipinski definition) is 6. The van der Waals surface area contributed by atoms with E-state index >= 15 is 0 Å². The van der Waals surface area contributed by atoms with Crippen molar-refractivity contribution in [2.75, 3.05) is 102 Å². The largest absolute Gasteiger partial charge is 0.617 e. The van der Waals surface area contributed by atoms with E-state index in [9.17, 15) is 53.4 Å². The van der Waals surface area contributed by atoms with Gasteiger partial charge in [-0.1, -0.05) is 52.1 Å². The first-order valence-corrected chi connectivity index (χ1v) is 23.3. The predicted octanol–water partition coefficient (Wildman–Crippen LogP) is 0.116. The van der Waals surface area contributed by atoms with Gasteiger partial charge in [0, 0.05) is 123 Å². The number of fused-ring (bicyclic) bond motifs is 1. The van der Waals surface area contributed by atoms with Gasteiger partial charge in [0.25, 0.3) is 5.97 Å². The molecule has 1 aromatic rings. The molecule has 0 saturated carbocycles. The quantitative estimate of drug-likeness (QED) is 0.0512. The Morgan fingerprint density at radius 1 is 0.894 bits per heavy atom. The van der Waals surface area contributed by atoms with E-state index in [1.54, 1.807) is 50.8 Å². The molecule has 3 fully saturated rings. The number of ether oxygens (including phenoxy) is 1. The number of carboxylic acids is 2. The third-order valence-corrected chi connectivity index (χ3v) is 12.3. The van der Waals surface area contributed by atoms with Gasteiger partial charge in [-0.3, -0.25) is 53.1 Å². The predicted molar refractivity (Wildman–Crippen MR) is 239 cm³/mol. The van der Waals surface area contributed by atoms with Crippen molar-refractivity contribution in [1.29, 1.82) is 0 Å². The molecule has 0 bridgehead atoms. The van der Waals surface area contributed by atoms with E-state index in [1.165, 1.54) is 11.8 Å². The summed E-state index contributed by atoms with van der Waals surface area (Å²) in [7, 11) is 0. The number of rotatable bonds is 22. The number of urea groups is 1. The number of imide groups is 1. The van der Waals surface area contributed by atoms with E-state index in [4.69, 9.17) is 4.74 Å². The smallest absolute Gasteiger partial charge is 0.319 e. The zero-order chi connectivity index (χ0) is 47.6. The molecule has 0 spiro atoms. The van der Waals surface area contributed by atoms with Gasteiger partial charge in [-0.05, 0) is 48.6 Å². The van der Waals surface area contributed by atoms with Crippen LogP contribution in [0.2, 0.25) is 0 Å². The summed E-state index contributed by atoms with van der Waals surface area (Å²) < 4.78 is 5.48. The van der Waals surface area contributed by atoms with Gasteiger partial charge in [-0.15, -0.1) is 0 Å². The van der Waals surface area contributed by atoms with E-state index in [2.05, 4.69) is 21.3 Å². The molecule has 3 aliphatic heterocycles.